The molecule has 1 heterocycles. The van der Waals surface area contributed by atoms with Crippen LogP contribution in [-0.4, -0.2) is 35.8 Å². The van der Waals surface area contributed by atoms with Gasteiger partial charge in [0.15, 0.2) is 18.1 Å². The van der Waals surface area contributed by atoms with Crippen molar-refractivity contribution in [2.75, 3.05) is 19.8 Å². The van der Waals surface area contributed by atoms with Crippen molar-refractivity contribution in [3.05, 3.63) is 53.6 Å². The minimum Gasteiger partial charge on any atom is -0.490 e. The van der Waals surface area contributed by atoms with Crippen LogP contribution in [0.4, 0.5) is 4.39 Å². The zero-order valence-electron chi connectivity index (χ0n) is 16.6. The zero-order valence-corrected chi connectivity index (χ0v) is 16.6. The van der Waals surface area contributed by atoms with Gasteiger partial charge < -0.3 is 19.2 Å². The summed E-state index contributed by atoms with van der Waals surface area (Å²) in [5, 5.41) is 9.58. The number of nitrogens with zero attached hydrogens (tertiary/aromatic N) is 2. The first-order valence-electron chi connectivity index (χ1n) is 9.36. The summed E-state index contributed by atoms with van der Waals surface area (Å²) in [6.07, 6.45) is 1.63. The average Bonchev–Trinajstić information content (AvgIpc) is 3.14. The van der Waals surface area contributed by atoms with Gasteiger partial charge in [-0.15, -0.1) is 0 Å². The maximum absolute atomic E-state index is 13.4. The van der Waals surface area contributed by atoms with E-state index >= 15 is 0 Å². The molecule has 154 valence electrons. The Hall–Kier alpha value is -3.86. The molecule has 0 atom stereocenters. The van der Waals surface area contributed by atoms with Gasteiger partial charge in [-0.25, -0.2) is 14.2 Å². The minimum atomic E-state index is -0.475. The average molecular weight is 409 g/mol. The standard InChI is InChI=1S/C22H20FN3O4/c1-3-28-20-10-14(5-8-19(20)30-13-21(27)29-4-2)9-15(12-24)22-25-17-7-6-16(23)11-18(17)26-22/h5-11H,3-4,13H2,1-2H3,(H,25,26)/b15-9-. The van der Waals surface area contributed by atoms with Gasteiger partial charge in [-0.1, -0.05) is 6.07 Å². The van der Waals surface area contributed by atoms with Crippen molar-refractivity contribution in [2.45, 2.75) is 13.8 Å². The minimum absolute atomic E-state index is 0.234. The van der Waals surface area contributed by atoms with Gasteiger partial charge in [-0.2, -0.15) is 5.26 Å². The smallest absolute Gasteiger partial charge is 0.344 e. The number of imidazole rings is 1. The number of carbonyl (C=O) groups excluding carboxylic acids is 1. The van der Waals surface area contributed by atoms with Crippen LogP contribution in [0.3, 0.4) is 0 Å². The molecule has 1 N–H and O–H groups in total. The van der Waals surface area contributed by atoms with Crippen molar-refractivity contribution in [3.8, 4) is 17.6 Å². The Morgan fingerprint density at radius 1 is 1.17 bits per heavy atom. The van der Waals surface area contributed by atoms with Gasteiger partial charge in [0.2, 0.25) is 0 Å². The third-order valence-corrected chi connectivity index (χ3v) is 4.05. The number of benzene rings is 2. The molecule has 7 nitrogen and oxygen atoms in total. The maximum Gasteiger partial charge on any atom is 0.344 e. The summed E-state index contributed by atoms with van der Waals surface area (Å²) >= 11 is 0. The number of hydrogen-bond donors (Lipinski definition) is 1. The quantitative estimate of drug-likeness (QED) is 0.444. The van der Waals surface area contributed by atoms with E-state index in [0.29, 0.717) is 40.5 Å². The zero-order chi connectivity index (χ0) is 21.5. The number of allylic oxidation sites excluding steroid dienone is 1. The van der Waals surface area contributed by atoms with E-state index in [0.717, 1.165) is 0 Å². The van der Waals surface area contributed by atoms with Crippen LogP contribution in [0, 0.1) is 17.1 Å². The van der Waals surface area contributed by atoms with Gasteiger partial charge in [0, 0.05) is 0 Å². The first kappa shape index (κ1) is 20.9. The number of rotatable bonds is 8. The third-order valence-electron chi connectivity index (χ3n) is 4.05. The summed E-state index contributed by atoms with van der Waals surface area (Å²) in [5.41, 5.74) is 2.01. The van der Waals surface area contributed by atoms with Crippen LogP contribution in [0.2, 0.25) is 0 Å². The molecule has 0 saturated carbocycles. The second kappa shape index (κ2) is 9.56. The predicted molar refractivity (Wildman–Crippen MR) is 109 cm³/mol. The van der Waals surface area contributed by atoms with E-state index in [1.807, 2.05) is 6.92 Å². The van der Waals surface area contributed by atoms with Crippen molar-refractivity contribution < 1.29 is 23.4 Å². The number of hydrogen-bond acceptors (Lipinski definition) is 6. The normalized spacial score (nSPS) is 11.2. The Morgan fingerprint density at radius 3 is 2.73 bits per heavy atom. The summed E-state index contributed by atoms with van der Waals surface area (Å²) in [4.78, 5) is 18.8. The van der Waals surface area contributed by atoms with Crippen LogP contribution in [0.5, 0.6) is 11.5 Å². The summed E-state index contributed by atoms with van der Waals surface area (Å²) in [6.45, 7) is 3.97. The van der Waals surface area contributed by atoms with E-state index in [1.165, 1.54) is 12.1 Å². The van der Waals surface area contributed by atoms with Gasteiger partial charge >= 0.3 is 5.97 Å². The van der Waals surface area contributed by atoms with Crippen molar-refractivity contribution >= 4 is 28.7 Å². The number of nitrogens with one attached hydrogen (secondary N) is 1. The van der Waals surface area contributed by atoms with E-state index in [9.17, 15) is 14.4 Å². The molecule has 0 fully saturated rings. The van der Waals surface area contributed by atoms with E-state index in [4.69, 9.17) is 14.2 Å². The summed E-state index contributed by atoms with van der Waals surface area (Å²) in [7, 11) is 0. The van der Waals surface area contributed by atoms with Crippen molar-refractivity contribution in [1.29, 1.82) is 5.26 Å². The molecule has 0 saturated heterocycles. The lowest BCUT2D eigenvalue weighted by atomic mass is 10.1. The molecule has 0 amide bonds. The summed E-state index contributed by atoms with van der Waals surface area (Å²) in [5.74, 6) is 0.287. The van der Waals surface area contributed by atoms with Crippen LogP contribution in [-0.2, 0) is 9.53 Å². The molecule has 0 aliphatic heterocycles. The molecule has 0 aliphatic carbocycles. The number of carbonyl (C=O) groups is 1. The number of nitriles is 1. The highest BCUT2D eigenvalue weighted by atomic mass is 19.1. The molecule has 0 spiro atoms. The molecule has 0 radical (unpaired) electrons. The Balaban J connectivity index is 1.88. The maximum atomic E-state index is 13.4. The van der Waals surface area contributed by atoms with Crippen molar-refractivity contribution in [3.63, 3.8) is 0 Å². The highest BCUT2D eigenvalue weighted by molar-refractivity contribution is 5.90. The van der Waals surface area contributed by atoms with Gasteiger partial charge in [0.1, 0.15) is 17.7 Å². The van der Waals surface area contributed by atoms with Crippen LogP contribution < -0.4 is 9.47 Å². The van der Waals surface area contributed by atoms with Gasteiger partial charge in [0.05, 0.1) is 29.8 Å². The number of H-pyrrole nitrogens is 1. The lowest BCUT2D eigenvalue weighted by molar-refractivity contribution is -0.145. The Morgan fingerprint density at radius 2 is 2.00 bits per heavy atom. The molecule has 1 aromatic heterocycles. The summed E-state index contributed by atoms with van der Waals surface area (Å²) < 4.78 is 29.3. The monoisotopic (exact) mass is 409 g/mol. The third kappa shape index (κ3) is 4.94. The summed E-state index contributed by atoms with van der Waals surface area (Å²) in [6, 6.07) is 11.4. The topological polar surface area (TPSA) is 97.2 Å². The van der Waals surface area contributed by atoms with Crippen LogP contribution in [0.1, 0.15) is 25.2 Å². The largest absolute Gasteiger partial charge is 0.490 e. The van der Waals surface area contributed by atoms with Crippen molar-refractivity contribution in [2.24, 2.45) is 0 Å². The van der Waals surface area contributed by atoms with Crippen LogP contribution in [0.15, 0.2) is 36.4 Å². The molecule has 3 aromatic rings. The molecule has 0 aliphatic rings. The van der Waals surface area contributed by atoms with E-state index in [2.05, 4.69) is 16.0 Å². The SMILES string of the molecule is CCOC(=O)COc1ccc(/C=C(/C#N)c2nc3ccc(F)cc3[nH]2)cc1OCC. The molecule has 2 aromatic carbocycles. The second-order valence-electron chi connectivity index (χ2n) is 6.15. The fourth-order valence-electron chi connectivity index (χ4n) is 2.77. The number of esters is 1. The van der Waals surface area contributed by atoms with Crippen LogP contribution >= 0.6 is 0 Å². The van der Waals surface area contributed by atoms with Crippen LogP contribution in [0.25, 0.3) is 22.7 Å². The predicted octanol–water partition coefficient (Wildman–Crippen LogP) is 4.11. The van der Waals surface area contributed by atoms with E-state index < -0.39 is 5.97 Å². The molecular weight excluding hydrogens is 389 g/mol. The number of aromatic amines is 1. The molecule has 8 heteroatoms. The van der Waals surface area contributed by atoms with Gasteiger partial charge in [0.25, 0.3) is 0 Å². The molecule has 3 rings (SSSR count). The Bertz CT molecular complexity index is 1130. The molecule has 0 unspecified atom stereocenters. The lowest BCUT2D eigenvalue weighted by Gasteiger charge is -2.12. The van der Waals surface area contributed by atoms with Gasteiger partial charge in [-0.05, 0) is 55.8 Å². The van der Waals surface area contributed by atoms with E-state index in [-0.39, 0.29) is 24.6 Å². The number of ether oxygens (including phenoxy) is 3. The van der Waals surface area contributed by atoms with Crippen molar-refractivity contribution in [1.82, 2.24) is 9.97 Å². The second-order valence-corrected chi connectivity index (χ2v) is 6.15. The first-order valence-corrected chi connectivity index (χ1v) is 9.36. The van der Waals surface area contributed by atoms with E-state index in [1.54, 1.807) is 37.3 Å². The van der Waals surface area contributed by atoms with Gasteiger partial charge in [-0.3, -0.25) is 0 Å². The fourth-order valence-corrected chi connectivity index (χ4v) is 2.77. The number of fused-ring (bicyclic) bond motifs is 1. The first-order chi connectivity index (χ1) is 14.5. The molecular formula is C22H20FN3O4. The molecule has 30 heavy (non-hydrogen) atoms. The molecule has 0 bridgehead atoms. The number of aromatic nitrogens is 2. The highest BCUT2D eigenvalue weighted by Gasteiger charge is 2.12. The Labute approximate surface area is 172 Å². The number of halogens is 1. The fraction of sp³-hybridized carbons (Fsp3) is 0.227. The Kier molecular flexibility index (Phi) is 6.65. The lowest BCUT2D eigenvalue weighted by Crippen LogP contribution is -2.15. The highest BCUT2D eigenvalue weighted by Crippen LogP contribution is 2.30.